The van der Waals surface area contributed by atoms with Crippen molar-refractivity contribution in [2.45, 2.75) is 233 Å². The number of rotatable bonds is 40. The van der Waals surface area contributed by atoms with Crippen LogP contribution < -0.4 is 18.9 Å². The van der Waals surface area contributed by atoms with Crippen molar-refractivity contribution in [3.63, 3.8) is 0 Å². The maximum Gasteiger partial charge on any atom is 0.213 e. The fourth-order valence-electron chi connectivity index (χ4n) is 12.7. The van der Waals surface area contributed by atoms with Crippen molar-refractivity contribution in [3.05, 3.63) is 168 Å². The molecule has 0 amide bonds. The van der Waals surface area contributed by atoms with Crippen molar-refractivity contribution in [1.82, 2.24) is 0 Å². The zero-order valence-electron chi connectivity index (χ0n) is 52.1. The van der Waals surface area contributed by atoms with Crippen molar-refractivity contribution < 1.29 is 18.9 Å². The second-order valence-electron chi connectivity index (χ2n) is 24.4. The van der Waals surface area contributed by atoms with Crippen molar-refractivity contribution >= 4 is 43.1 Å². The van der Waals surface area contributed by atoms with Gasteiger partial charge in [-0.25, -0.2) is 0 Å². The Labute approximate surface area is 506 Å². The molecule has 0 saturated heterocycles. The van der Waals surface area contributed by atoms with Crippen LogP contribution in [0.15, 0.2) is 146 Å². The smallest absolute Gasteiger partial charge is 0.213 e. The zero-order chi connectivity index (χ0) is 58.0. The second kappa shape index (κ2) is 33.8. The van der Waals surface area contributed by atoms with E-state index in [0.29, 0.717) is 23.0 Å². The molecule has 0 heterocycles. The Morgan fingerprint density at radius 2 is 0.536 bits per heavy atom. The molecule has 9 rings (SSSR count). The number of benzene rings is 9. The van der Waals surface area contributed by atoms with E-state index in [1.165, 1.54) is 218 Å². The van der Waals surface area contributed by atoms with Crippen LogP contribution in [0.5, 0.6) is 46.0 Å². The highest BCUT2D eigenvalue weighted by molar-refractivity contribution is 6.36. The minimum Gasteiger partial charge on any atom is -0.457 e. The largest absolute Gasteiger partial charge is 0.457 e. The van der Waals surface area contributed by atoms with Crippen LogP contribution in [0.2, 0.25) is 0 Å². The van der Waals surface area contributed by atoms with Gasteiger partial charge in [-0.15, -0.1) is 0 Å². The van der Waals surface area contributed by atoms with Crippen LogP contribution in [-0.4, -0.2) is 0 Å². The minimum atomic E-state index is 0.514. The summed E-state index contributed by atoms with van der Waals surface area (Å²) >= 11 is 0. The number of unbranched alkanes of at least 4 members (excludes halogenated alkanes) is 24. The summed E-state index contributed by atoms with van der Waals surface area (Å²) in [7, 11) is 0. The maximum absolute atomic E-state index is 7.48. The van der Waals surface area contributed by atoms with Gasteiger partial charge in [0.15, 0.2) is 11.5 Å². The van der Waals surface area contributed by atoms with Crippen LogP contribution in [0.25, 0.3) is 43.1 Å². The zero-order valence-corrected chi connectivity index (χ0v) is 52.1. The Hall–Kier alpha value is -6.52. The van der Waals surface area contributed by atoms with Gasteiger partial charge in [0.1, 0.15) is 28.7 Å². The monoisotopic (exact) mass is 1120 g/mol. The molecular formula is C80H100O4. The topological polar surface area (TPSA) is 36.9 Å². The molecule has 84 heavy (non-hydrogen) atoms. The minimum absolute atomic E-state index is 0.514. The van der Waals surface area contributed by atoms with Gasteiger partial charge in [-0.2, -0.15) is 0 Å². The molecule has 0 unspecified atom stereocenters. The first kappa shape index (κ1) is 62.0. The van der Waals surface area contributed by atoms with Crippen LogP contribution >= 0.6 is 0 Å². The Morgan fingerprint density at radius 3 is 0.917 bits per heavy atom. The Bertz CT molecular complexity index is 3310. The lowest BCUT2D eigenvalue weighted by Gasteiger charge is -2.25. The number of hydrogen-bond donors (Lipinski definition) is 0. The summed E-state index contributed by atoms with van der Waals surface area (Å²) in [5.74, 6) is 5.38. The summed E-state index contributed by atoms with van der Waals surface area (Å²) in [5.41, 5.74) is 5.32. The van der Waals surface area contributed by atoms with E-state index >= 15 is 0 Å². The first-order chi connectivity index (χ1) is 41.5. The molecule has 0 aliphatic carbocycles. The summed E-state index contributed by atoms with van der Waals surface area (Å²) in [6.07, 6.45) is 40.5. The molecule has 0 aliphatic rings. The summed E-state index contributed by atoms with van der Waals surface area (Å²) < 4.78 is 29.6. The van der Waals surface area contributed by atoms with Gasteiger partial charge >= 0.3 is 0 Å². The predicted octanol–water partition coefficient (Wildman–Crippen LogP) is 26.1. The molecule has 0 radical (unpaired) electrons. The lowest BCUT2D eigenvalue weighted by atomic mass is 9.88. The Morgan fingerprint density at radius 1 is 0.226 bits per heavy atom. The third kappa shape index (κ3) is 17.5. The van der Waals surface area contributed by atoms with Crippen molar-refractivity contribution in [1.29, 1.82) is 0 Å². The van der Waals surface area contributed by atoms with Crippen LogP contribution in [0.4, 0.5) is 0 Å². The average Bonchev–Trinajstić information content (AvgIpc) is 0.816. The van der Waals surface area contributed by atoms with Crippen LogP contribution in [0.1, 0.15) is 230 Å². The van der Waals surface area contributed by atoms with Gasteiger partial charge in [0, 0.05) is 10.8 Å². The van der Waals surface area contributed by atoms with Gasteiger partial charge < -0.3 is 18.9 Å². The van der Waals surface area contributed by atoms with E-state index in [4.69, 9.17) is 18.9 Å². The number of hydrogen-bond acceptors (Lipinski definition) is 4. The van der Waals surface area contributed by atoms with E-state index in [9.17, 15) is 0 Å². The van der Waals surface area contributed by atoms with Crippen LogP contribution in [0, 0.1) is 0 Å². The van der Waals surface area contributed by atoms with Crippen LogP contribution in [0.3, 0.4) is 0 Å². The number of ether oxygens (including phenoxy) is 4. The molecule has 444 valence electrons. The molecule has 0 saturated carbocycles. The Balaban J connectivity index is 1.15. The predicted molar refractivity (Wildman–Crippen MR) is 361 cm³/mol. The highest BCUT2D eigenvalue weighted by Gasteiger charge is 2.30. The molecule has 9 aromatic rings. The fourth-order valence-corrected chi connectivity index (χ4v) is 12.7. The molecule has 0 spiro atoms. The van der Waals surface area contributed by atoms with Crippen molar-refractivity contribution in [2.24, 2.45) is 0 Å². The third-order valence-corrected chi connectivity index (χ3v) is 17.6. The van der Waals surface area contributed by atoms with E-state index in [-0.39, 0.29) is 0 Å². The van der Waals surface area contributed by atoms with Crippen LogP contribution in [-0.2, 0) is 25.7 Å². The molecule has 0 aromatic heterocycles. The van der Waals surface area contributed by atoms with Gasteiger partial charge in [-0.1, -0.05) is 267 Å². The number of fused-ring (bicyclic) bond motifs is 2. The second-order valence-corrected chi connectivity index (χ2v) is 24.4. The van der Waals surface area contributed by atoms with Gasteiger partial charge in [-0.05, 0) is 161 Å². The molecule has 0 atom stereocenters. The van der Waals surface area contributed by atoms with E-state index in [0.717, 1.165) is 75.6 Å². The van der Waals surface area contributed by atoms with Gasteiger partial charge in [0.05, 0.1) is 5.39 Å². The standard InChI is InChI=1S/C80H100O4/c1-5-9-13-17-21-25-29-35-61-43-51-66(52-44-61)81-73-60-59-71-70-41-33-39-65-40-34-42-72(74(65)70)76-75(71)77(73)79(83-68-55-47-63(48-56-68)37-31-27-23-19-15-11-7-3)80(84-69-57-49-64(50-58-69)38-32-28-24-20-16-12-8-4)78(76)82-67-53-45-62(46-54-67)36-30-26-22-18-14-10-6-2/h33-34,39-60H,5-32,35-38H2,1-4H3. The summed E-state index contributed by atoms with van der Waals surface area (Å²) in [4.78, 5) is 0. The molecule has 9 aromatic carbocycles. The molecular weight excluding hydrogens is 1020 g/mol. The van der Waals surface area contributed by atoms with E-state index < -0.39 is 0 Å². The van der Waals surface area contributed by atoms with Gasteiger partial charge in [0.25, 0.3) is 0 Å². The highest BCUT2D eigenvalue weighted by atomic mass is 16.5. The molecule has 4 nitrogen and oxygen atoms in total. The normalized spacial score (nSPS) is 11.7. The first-order valence-electron chi connectivity index (χ1n) is 33.8. The third-order valence-electron chi connectivity index (χ3n) is 17.6. The molecule has 0 bridgehead atoms. The molecule has 4 heteroatoms. The summed E-state index contributed by atoms with van der Waals surface area (Å²) in [5, 5.41) is 8.57. The average molecular weight is 1130 g/mol. The number of aryl methyl sites for hydroxylation is 4. The highest BCUT2D eigenvalue weighted by Crippen LogP contribution is 2.58. The lowest BCUT2D eigenvalue weighted by Crippen LogP contribution is -2.01. The van der Waals surface area contributed by atoms with E-state index in [1.807, 2.05) is 0 Å². The van der Waals surface area contributed by atoms with E-state index in [2.05, 4.69) is 173 Å². The van der Waals surface area contributed by atoms with Crippen molar-refractivity contribution in [3.8, 4) is 46.0 Å². The molecule has 0 aliphatic heterocycles. The fraction of sp³-hybridized carbons (Fsp3) is 0.450. The van der Waals surface area contributed by atoms with E-state index in [1.54, 1.807) is 0 Å². The quantitative estimate of drug-likeness (QED) is 0.0218. The van der Waals surface area contributed by atoms with Gasteiger partial charge in [-0.3, -0.25) is 0 Å². The van der Waals surface area contributed by atoms with Gasteiger partial charge in [0.2, 0.25) is 5.75 Å². The summed E-state index contributed by atoms with van der Waals surface area (Å²) in [6.45, 7) is 9.16. The SMILES string of the molecule is CCCCCCCCCc1ccc(Oc2c(Oc3ccc(CCCCCCCCC)cc3)c3c(Oc4ccc(CCCCCCCCC)cc4)ccc4c5cccc6cccc(c(c2Oc2ccc(CCCCCCCCC)cc2)c34)c65)cc1. The Kier molecular flexibility index (Phi) is 25.0. The molecule has 0 fully saturated rings. The first-order valence-corrected chi connectivity index (χ1v) is 33.8. The van der Waals surface area contributed by atoms with Crippen molar-refractivity contribution in [2.75, 3.05) is 0 Å². The maximum atomic E-state index is 7.48. The lowest BCUT2D eigenvalue weighted by molar-refractivity contribution is 0.391. The molecule has 0 N–H and O–H groups in total. The summed E-state index contributed by atoms with van der Waals surface area (Å²) in [6, 6.07) is 52.8.